The van der Waals surface area contributed by atoms with Crippen LogP contribution in [0.3, 0.4) is 0 Å². The Hall–Kier alpha value is -1.63. The maximum absolute atomic E-state index is 11.6. The topological polar surface area (TPSA) is 81.1 Å². The predicted molar refractivity (Wildman–Crippen MR) is 64.9 cm³/mol. The SMILES string of the molecule is CCn1cnnc1CNC(=O)NC[C@H]1CCCO1. The Kier molecular flexibility index (Phi) is 4.52. The van der Waals surface area contributed by atoms with E-state index in [1.165, 1.54) is 0 Å². The van der Waals surface area contributed by atoms with E-state index in [-0.39, 0.29) is 12.1 Å². The van der Waals surface area contributed by atoms with Gasteiger partial charge in [-0.2, -0.15) is 0 Å². The van der Waals surface area contributed by atoms with Crippen LogP contribution in [0.25, 0.3) is 0 Å². The van der Waals surface area contributed by atoms with Crippen LogP contribution in [0, 0.1) is 0 Å². The van der Waals surface area contributed by atoms with Gasteiger partial charge in [0.15, 0.2) is 5.82 Å². The molecule has 0 bridgehead atoms. The van der Waals surface area contributed by atoms with Gasteiger partial charge in [-0.15, -0.1) is 10.2 Å². The van der Waals surface area contributed by atoms with E-state index in [0.717, 1.165) is 31.8 Å². The smallest absolute Gasteiger partial charge is 0.315 e. The summed E-state index contributed by atoms with van der Waals surface area (Å²) in [5.41, 5.74) is 0. The number of amides is 2. The summed E-state index contributed by atoms with van der Waals surface area (Å²) < 4.78 is 7.31. The number of aryl methyl sites for hydroxylation is 1. The van der Waals surface area contributed by atoms with Gasteiger partial charge in [-0.1, -0.05) is 0 Å². The maximum Gasteiger partial charge on any atom is 0.315 e. The van der Waals surface area contributed by atoms with E-state index in [2.05, 4.69) is 20.8 Å². The minimum absolute atomic E-state index is 0.162. The summed E-state index contributed by atoms with van der Waals surface area (Å²) in [6.07, 6.45) is 3.91. The normalized spacial score (nSPS) is 18.8. The third-order valence-corrected chi connectivity index (χ3v) is 2.96. The number of hydrogen-bond acceptors (Lipinski definition) is 4. The highest BCUT2D eigenvalue weighted by Gasteiger charge is 2.16. The van der Waals surface area contributed by atoms with Gasteiger partial charge < -0.3 is 19.9 Å². The zero-order valence-electron chi connectivity index (χ0n) is 10.6. The van der Waals surface area contributed by atoms with E-state index in [1.54, 1.807) is 6.33 Å². The van der Waals surface area contributed by atoms with Crippen molar-refractivity contribution < 1.29 is 9.53 Å². The zero-order valence-corrected chi connectivity index (χ0v) is 10.6. The van der Waals surface area contributed by atoms with Crippen LogP contribution in [0.2, 0.25) is 0 Å². The van der Waals surface area contributed by atoms with Gasteiger partial charge in [-0.05, 0) is 19.8 Å². The van der Waals surface area contributed by atoms with Crippen molar-refractivity contribution in [1.82, 2.24) is 25.4 Å². The van der Waals surface area contributed by atoms with Crippen LogP contribution in [0.1, 0.15) is 25.6 Å². The second-order valence-corrected chi connectivity index (χ2v) is 4.23. The van der Waals surface area contributed by atoms with Crippen LogP contribution in [-0.4, -0.2) is 40.1 Å². The van der Waals surface area contributed by atoms with E-state index in [4.69, 9.17) is 4.74 Å². The van der Waals surface area contributed by atoms with Crippen molar-refractivity contribution in [3.05, 3.63) is 12.2 Å². The standard InChI is InChI=1S/C11H19N5O2/c1-2-16-8-14-15-10(16)7-13-11(17)12-6-9-4-3-5-18-9/h8-9H,2-7H2,1H3,(H2,12,13,17)/t9-/m1/s1. The van der Waals surface area contributed by atoms with Crippen LogP contribution in [0.15, 0.2) is 6.33 Å². The van der Waals surface area contributed by atoms with E-state index in [0.29, 0.717) is 13.1 Å². The molecule has 1 aromatic heterocycles. The van der Waals surface area contributed by atoms with Crippen LogP contribution >= 0.6 is 0 Å². The maximum atomic E-state index is 11.6. The molecule has 2 heterocycles. The molecule has 18 heavy (non-hydrogen) atoms. The number of nitrogens with one attached hydrogen (secondary N) is 2. The van der Waals surface area contributed by atoms with E-state index < -0.39 is 0 Å². The van der Waals surface area contributed by atoms with E-state index >= 15 is 0 Å². The molecule has 0 unspecified atom stereocenters. The van der Waals surface area contributed by atoms with Crippen molar-refractivity contribution in [2.24, 2.45) is 0 Å². The first kappa shape index (κ1) is 12.8. The molecular formula is C11H19N5O2. The van der Waals surface area contributed by atoms with Crippen molar-refractivity contribution in [1.29, 1.82) is 0 Å². The second-order valence-electron chi connectivity index (χ2n) is 4.23. The highest BCUT2D eigenvalue weighted by Crippen LogP contribution is 2.10. The summed E-state index contributed by atoms with van der Waals surface area (Å²) in [5, 5.41) is 13.3. The number of carbonyl (C=O) groups is 1. The molecule has 100 valence electrons. The Bertz CT molecular complexity index is 387. The number of aromatic nitrogens is 3. The third kappa shape index (κ3) is 3.43. The Morgan fingerprint density at radius 1 is 1.61 bits per heavy atom. The Balaban J connectivity index is 1.68. The van der Waals surface area contributed by atoms with E-state index in [9.17, 15) is 4.79 Å². The van der Waals surface area contributed by atoms with Gasteiger partial charge in [0, 0.05) is 19.7 Å². The van der Waals surface area contributed by atoms with Crippen molar-refractivity contribution in [2.45, 2.75) is 39.0 Å². The van der Waals surface area contributed by atoms with Gasteiger partial charge in [-0.3, -0.25) is 0 Å². The lowest BCUT2D eigenvalue weighted by molar-refractivity contribution is 0.111. The molecular weight excluding hydrogens is 234 g/mol. The molecule has 0 aliphatic carbocycles. The summed E-state index contributed by atoms with van der Waals surface area (Å²) in [5.74, 6) is 0.754. The van der Waals surface area contributed by atoms with Crippen LogP contribution in [0.5, 0.6) is 0 Å². The summed E-state index contributed by atoms with van der Waals surface area (Å²) in [7, 11) is 0. The fraction of sp³-hybridized carbons (Fsp3) is 0.727. The van der Waals surface area contributed by atoms with E-state index in [1.807, 2.05) is 11.5 Å². The highest BCUT2D eigenvalue weighted by atomic mass is 16.5. The number of ether oxygens (including phenoxy) is 1. The fourth-order valence-electron chi connectivity index (χ4n) is 1.91. The molecule has 0 radical (unpaired) electrons. The number of hydrogen-bond donors (Lipinski definition) is 2. The van der Waals surface area contributed by atoms with Crippen molar-refractivity contribution >= 4 is 6.03 Å². The van der Waals surface area contributed by atoms with Crippen LogP contribution in [-0.2, 0) is 17.8 Å². The van der Waals surface area contributed by atoms with Gasteiger partial charge in [-0.25, -0.2) is 4.79 Å². The van der Waals surface area contributed by atoms with Gasteiger partial charge in [0.05, 0.1) is 12.6 Å². The average molecular weight is 253 g/mol. The van der Waals surface area contributed by atoms with Crippen molar-refractivity contribution in [3.8, 4) is 0 Å². The third-order valence-electron chi connectivity index (χ3n) is 2.96. The summed E-state index contributed by atoms with van der Waals surface area (Å²) >= 11 is 0. The molecule has 0 spiro atoms. The van der Waals surface area contributed by atoms with Crippen LogP contribution in [0.4, 0.5) is 4.79 Å². The quantitative estimate of drug-likeness (QED) is 0.789. The number of nitrogens with zero attached hydrogens (tertiary/aromatic N) is 3. The summed E-state index contributed by atoms with van der Waals surface area (Å²) in [6, 6.07) is -0.198. The molecule has 1 aliphatic heterocycles. The lowest BCUT2D eigenvalue weighted by Crippen LogP contribution is -2.39. The molecule has 7 nitrogen and oxygen atoms in total. The summed E-state index contributed by atoms with van der Waals surface area (Å²) in [6.45, 7) is 4.54. The van der Waals surface area contributed by atoms with Crippen molar-refractivity contribution in [3.63, 3.8) is 0 Å². The lowest BCUT2D eigenvalue weighted by atomic mass is 10.2. The minimum Gasteiger partial charge on any atom is -0.376 e. The highest BCUT2D eigenvalue weighted by molar-refractivity contribution is 5.73. The Morgan fingerprint density at radius 3 is 3.22 bits per heavy atom. The van der Waals surface area contributed by atoms with Gasteiger partial charge in [0.2, 0.25) is 0 Å². The lowest BCUT2D eigenvalue weighted by Gasteiger charge is -2.11. The first-order valence-electron chi connectivity index (χ1n) is 6.29. The molecule has 1 atom stereocenters. The number of rotatable bonds is 5. The average Bonchev–Trinajstić information content (AvgIpc) is 3.04. The minimum atomic E-state index is -0.198. The number of urea groups is 1. The fourth-order valence-corrected chi connectivity index (χ4v) is 1.91. The molecule has 2 amide bonds. The molecule has 2 rings (SSSR count). The molecule has 0 saturated carbocycles. The molecule has 1 aliphatic rings. The molecule has 0 aromatic carbocycles. The Labute approximate surface area is 106 Å². The first-order chi connectivity index (χ1) is 8.79. The van der Waals surface area contributed by atoms with Gasteiger partial charge in [0.1, 0.15) is 6.33 Å². The van der Waals surface area contributed by atoms with Crippen molar-refractivity contribution in [2.75, 3.05) is 13.2 Å². The molecule has 1 fully saturated rings. The predicted octanol–water partition coefficient (Wildman–Crippen LogP) is 0.276. The van der Waals surface area contributed by atoms with Gasteiger partial charge >= 0.3 is 6.03 Å². The Morgan fingerprint density at radius 2 is 2.50 bits per heavy atom. The van der Waals surface area contributed by atoms with Gasteiger partial charge in [0.25, 0.3) is 0 Å². The van der Waals surface area contributed by atoms with Crippen LogP contribution < -0.4 is 10.6 Å². The molecule has 1 saturated heterocycles. The largest absolute Gasteiger partial charge is 0.376 e. The monoisotopic (exact) mass is 253 g/mol. The number of carbonyl (C=O) groups excluding carboxylic acids is 1. The zero-order chi connectivity index (χ0) is 12.8. The molecule has 2 N–H and O–H groups in total. The first-order valence-corrected chi connectivity index (χ1v) is 6.29. The second kappa shape index (κ2) is 6.34. The molecule has 7 heteroatoms. The summed E-state index contributed by atoms with van der Waals surface area (Å²) in [4.78, 5) is 11.6. The molecule has 1 aromatic rings.